The molecule has 1 aromatic rings. The van der Waals surface area contributed by atoms with Gasteiger partial charge in [0.25, 0.3) is 0 Å². The molecule has 6 nitrogen and oxygen atoms in total. The van der Waals surface area contributed by atoms with Gasteiger partial charge in [0, 0.05) is 20.1 Å². The number of halogens is 1. The van der Waals surface area contributed by atoms with Gasteiger partial charge in [-0.15, -0.1) is 24.0 Å². The van der Waals surface area contributed by atoms with Gasteiger partial charge in [0.2, 0.25) is 10.0 Å². The van der Waals surface area contributed by atoms with Gasteiger partial charge in [-0.05, 0) is 23.6 Å². The molecule has 0 spiro atoms. The summed E-state index contributed by atoms with van der Waals surface area (Å²) in [5.74, 6) is 1.32. The lowest BCUT2D eigenvalue weighted by molar-refractivity contribution is 0.481. The maximum atomic E-state index is 11.3. The summed E-state index contributed by atoms with van der Waals surface area (Å²) in [7, 11) is -1.96. The third-order valence-corrected chi connectivity index (χ3v) is 4.53. The first-order chi connectivity index (χ1) is 10.4. The Morgan fingerprint density at radius 1 is 1.26 bits per heavy atom. The van der Waals surface area contributed by atoms with Crippen LogP contribution in [-0.4, -0.2) is 28.0 Å². The highest BCUT2D eigenvalue weighted by atomic mass is 127. The number of primary sulfonamides is 1. The van der Waals surface area contributed by atoms with E-state index in [0.29, 0.717) is 18.4 Å². The zero-order valence-electron chi connectivity index (χ0n) is 13.9. The number of nitrogens with two attached hydrogens (primary N) is 1. The van der Waals surface area contributed by atoms with E-state index < -0.39 is 10.0 Å². The quantitative estimate of drug-likeness (QED) is 0.334. The average molecular weight is 454 g/mol. The average Bonchev–Trinajstić information content (AvgIpc) is 2.50. The van der Waals surface area contributed by atoms with E-state index in [1.807, 2.05) is 6.07 Å². The molecule has 0 atom stereocenters. The van der Waals surface area contributed by atoms with E-state index in [1.54, 1.807) is 19.2 Å². The van der Waals surface area contributed by atoms with Crippen molar-refractivity contribution in [2.45, 2.75) is 38.1 Å². The van der Waals surface area contributed by atoms with Crippen molar-refractivity contribution in [2.75, 3.05) is 13.6 Å². The summed E-state index contributed by atoms with van der Waals surface area (Å²) < 4.78 is 22.7. The number of sulfonamides is 1. The smallest absolute Gasteiger partial charge is 0.238 e. The summed E-state index contributed by atoms with van der Waals surface area (Å²) in [6.45, 7) is 5.69. The van der Waals surface area contributed by atoms with Crippen LogP contribution in [0.4, 0.5) is 0 Å². The van der Waals surface area contributed by atoms with E-state index >= 15 is 0 Å². The van der Waals surface area contributed by atoms with Crippen LogP contribution in [0.15, 0.2) is 34.2 Å². The zero-order chi connectivity index (χ0) is 16.6. The molecule has 1 rings (SSSR count). The van der Waals surface area contributed by atoms with Crippen LogP contribution >= 0.6 is 24.0 Å². The molecule has 0 fully saturated rings. The van der Waals surface area contributed by atoms with Crippen molar-refractivity contribution in [1.29, 1.82) is 0 Å². The predicted molar refractivity (Wildman–Crippen MR) is 106 cm³/mol. The Morgan fingerprint density at radius 2 is 1.91 bits per heavy atom. The molecular weight excluding hydrogens is 427 g/mol. The molecule has 8 heteroatoms. The topological polar surface area (TPSA) is 96.6 Å². The summed E-state index contributed by atoms with van der Waals surface area (Å²) in [5.41, 5.74) is 0.831. The number of hydrogen-bond acceptors (Lipinski definition) is 3. The molecule has 0 heterocycles. The van der Waals surface area contributed by atoms with Gasteiger partial charge in [-0.2, -0.15) is 0 Å². The molecule has 0 aliphatic carbocycles. The SMILES string of the molecule is CCC(CC)CNC(=NC)NCc1cccc(S(N)(=O)=O)c1.I. The Kier molecular flexibility index (Phi) is 10.4. The van der Waals surface area contributed by atoms with Gasteiger partial charge in [0.05, 0.1) is 4.90 Å². The number of hydrogen-bond donors (Lipinski definition) is 3. The van der Waals surface area contributed by atoms with Crippen LogP contribution in [-0.2, 0) is 16.6 Å². The minimum absolute atomic E-state index is 0. The van der Waals surface area contributed by atoms with Gasteiger partial charge in [-0.3, -0.25) is 4.99 Å². The summed E-state index contributed by atoms with van der Waals surface area (Å²) in [4.78, 5) is 4.28. The number of guanidine groups is 1. The largest absolute Gasteiger partial charge is 0.356 e. The molecule has 0 saturated carbocycles. The lowest BCUT2D eigenvalue weighted by atomic mass is 10.0. The van der Waals surface area contributed by atoms with E-state index in [2.05, 4.69) is 29.5 Å². The van der Waals surface area contributed by atoms with Crippen LogP contribution in [0.5, 0.6) is 0 Å². The maximum absolute atomic E-state index is 11.3. The lowest BCUT2D eigenvalue weighted by Gasteiger charge is -2.16. The number of rotatable bonds is 7. The van der Waals surface area contributed by atoms with Gasteiger partial charge >= 0.3 is 0 Å². The fraction of sp³-hybridized carbons (Fsp3) is 0.533. The second kappa shape index (κ2) is 10.8. The van der Waals surface area contributed by atoms with Crippen LogP contribution in [0.3, 0.4) is 0 Å². The Balaban J connectivity index is 0.00000484. The molecule has 0 saturated heterocycles. The summed E-state index contributed by atoms with van der Waals surface area (Å²) >= 11 is 0. The van der Waals surface area contributed by atoms with Gasteiger partial charge in [0.15, 0.2) is 5.96 Å². The van der Waals surface area contributed by atoms with Gasteiger partial charge < -0.3 is 10.6 Å². The minimum atomic E-state index is -3.67. The molecule has 1 aromatic carbocycles. The second-order valence-corrected chi connectivity index (χ2v) is 6.74. The number of nitrogens with zero attached hydrogens (tertiary/aromatic N) is 1. The Bertz CT molecular complexity index is 601. The Hall–Kier alpha value is -0.870. The minimum Gasteiger partial charge on any atom is -0.356 e. The molecule has 4 N–H and O–H groups in total. The normalized spacial score (nSPS) is 12.0. The standard InChI is InChI=1S/C15H26N4O2S.HI/c1-4-12(5-2)10-18-15(17-3)19-11-13-7-6-8-14(9-13)22(16,20)21;/h6-9,12H,4-5,10-11H2,1-3H3,(H2,16,20,21)(H2,17,18,19);1H. The van der Waals surface area contributed by atoms with Crippen molar-refractivity contribution >= 4 is 40.0 Å². The fourth-order valence-electron chi connectivity index (χ4n) is 2.06. The predicted octanol–water partition coefficient (Wildman–Crippen LogP) is 2.05. The van der Waals surface area contributed by atoms with Gasteiger partial charge in [-0.25, -0.2) is 13.6 Å². The highest BCUT2D eigenvalue weighted by Crippen LogP contribution is 2.09. The fourth-order valence-corrected chi connectivity index (χ4v) is 2.64. The number of nitrogens with one attached hydrogen (secondary N) is 2. The summed E-state index contributed by atoms with van der Waals surface area (Å²) in [5, 5.41) is 11.6. The van der Waals surface area contributed by atoms with Crippen LogP contribution < -0.4 is 15.8 Å². The first-order valence-corrected chi connectivity index (χ1v) is 9.01. The Labute approximate surface area is 156 Å². The first kappa shape index (κ1) is 22.1. The van der Waals surface area contributed by atoms with E-state index in [0.717, 1.165) is 24.9 Å². The van der Waals surface area contributed by atoms with Gasteiger partial charge in [0.1, 0.15) is 0 Å². The Morgan fingerprint density at radius 3 is 2.43 bits per heavy atom. The molecule has 23 heavy (non-hydrogen) atoms. The highest BCUT2D eigenvalue weighted by Gasteiger charge is 2.08. The summed E-state index contributed by atoms with van der Waals surface area (Å²) in [6.07, 6.45) is 2.24. The van der Waals surface area contributed by atoms with E-state index in [9.17, 15) is 8.42 Å². The van der Waals surface area contributed by atoms with E-state index in [4.69, 9.17) is 5.14 Å². The zero-order valence-corrected chi connectivity index (χ0v) is 17.0. The third kappa shape index (κ3) is 7.98. The van der Waals surface area contributed by atoms with Crippen LogP contribution in [0, 0.1) is 5.92 Å². The highest BCUT2D eigenvalue weighted by molar-refractivity contribution is 14.0. The molecule has 0 amide bonds. The van der Waals surface area contributed by atoms with Crippen molar-refractivity contribution < 1.29 is 8.42 Å². The molecule has 0 aromatic heterocycles. The van der Waals surface area contributed by atoms with Crippen LogP contribution in [0.25, 0.3) is 0 Å². The van der Waals surface area contributed by atoms with Crippen molar-refractivity contribution in [3.8, 4) is 0 Å². The van der Waals surface area contributed by atoms with Crippen LogP contribution in [0.1, 0.15) is 32.3 Å². The number of benzene rings is 1. The monoisotopic (exact) mass is 454 g/mol. The molecular formula is C15H27IN4O2S. The number of aliphatic imine (C=N–C) groups is 1. The lowest BCUT2D eigenvalue weighted by Crippen LogP contribution is -2.39. The first-order valence-electron chi connectivity index (χ1n) is 7.46. The molecule has 132 valence electrons. The van der Waals surface area contributed by atoms with Crippen LogP contribution in [0.2, 0.25) is 0 Å². The molecule has 0 aliphatic rings. The molecule has 0 unspecified atom stereocenters. The van der Waals surface area contributed by atoms with Crippen molar-refractivity contribution in [1.82, 2.24) is 10.6 Å². The van der Waals surface area contributed by atoms with E-state index in [-0.39, 0.29) is 28.9 Å². The molecule has 0 aliphatic heterocycles. The maximum Gasteiger partial charge on any atom is 0.238 e. The van der Waals surface area contributed by atoms with Gasteiger partial charge in [-0.1, -0.05) is 38.8 Å². The second-order valence-electron chi connectivity index (χ2n) is 5.18. The van der Waals surface area contributed by atoms with Crippen molar-refractivity contribution in [2.24, 2.45) is 16.0 Å². The van der Waals surface area contributed by atoms with Crippen molar-refractivity contribution in [3.05, 3.63) is 29.8 Å². The third-order valence-electron chi connectivity index (χ3n) is 3.62. The van der Waals surface area contributed by atoms with E-state index in [1.165, 1.54) is 6.07 Å². The van der Waals surface area contributed by atoms with Crippen molar-refractivity contribution in [3.63, 3.8) is 0 Å². The molecule has 0 radical (unpaired) electrons. The summed E-state index contributed by atoms with van der Waals surface area (Å²) in [6, 6.07) is 6.57. The molecule has 0 bridgehead atoms.